The van der Waals surface area contributed by atoms with Gasteiger partial charge in [0.1, 0.15) is 5.25 Å². The van der Waals surface area contributed by atoms with Crippen LogP contribution in [0.25, 0.3) is 0 Å². The van der Waals surface area contributed by atoms with Crippen molar-refractivity contribution in [3.63, 3.8) is 0 Å². The quantitative estimate of drug-likeness (QED) is 0.623. The summed E-state index contributed by atoms with van der Waals surface area (Å²) in [7, 11) is 0. The molecule has 0 fully saturated rings. The molecule has 2 N–H and O–H groups in total. The van der Waals surface area contributed by atoms with Crippen molar-refractivity contribution in [2.24, 2.45) is 0 Å². The number of hydrogen-bond donors (Lipinski definition) is 2. The van der Waals surface area contributed by atoms with Gasteiger partial charge in [-0.05, 0) is 48.7 Å². The molecule has 29 heavy (non-hydrogen) atoms. The Kier molecular flexibility index (Phi) is 5.78. The molecular formula is C21H22ClN5OS. The molecule has 4 rings (SSSR count). The third-order valence-electron chi connectivity index (χ3n) is 4.75. The van der Waals surface area contributed by atoms with Gasteiger partial charge in [-0.1, -0.05) is 54.6 Å². The Morgan fingerprint density at radius 1 is 1.24 bits per heavy atom. The lowest BCUT2D eigenvalue weighted by Gasteiger charge is -2.33. The fourth-order valence-corrected chi connectivity index (χ4v) is 4.57. The van der Waals surface area contributed by atoms with Crippen LogP contribution in [0.4, 0.5) is 5.69 Å². The van der Waals surface area contributed by atoms with Crippen LogP contribution in [0.15, 0.2) is 53.7 Å². The summed E-state index contributed by atoms with van der Waals surface area (Å²) in [6, 6.07) is 15.1. The maximum atomic E-state index is 13.2. The number of aryl methyl sites for hydroxylation is 2. The van der Waals surface area contributed by atoms with E-state index in [0.717, 1.165) is 35.5 Å². The summed E-state index contributed by atoms with van der Waals surface area (Å²) in [5, 5.41) is 12.6. The maximum Gasteiger partial charge on any atom is 0.240 e. The molecule has 0 saturated carbocycles. The smallest absolute Gasteiger partial charge is 0.240 e. The Morgan fingerprint density at radius 3 is 2.76 bits per heavy atom. The van der Waals surface area contributed by atoms with Crippen molar-refractivity contribution < 1.29 is 4.79 Å². The van der Waals surface area contributed by atoms with Crippen LogP contribution in [0.5, 0.6) is 0 Å². The molecule has 8 heteroatoms. The molecule has 0 bridgehead atoms. The van der Waals surface area contributed by atoms with E-state index in [9.17, 15) is 4.79 Å². The van der Waals surface area contributed by atoms with Crippen molar-refractivity contribution in [1.82, 2.24) is 14.9 Å². The Hall–Kier alpha value is -2.51. The molecule has 2 atom stereocenters. The van der Waals surface area contributed by atoms with Crippen LogP contribution in [-0.2, 0) is 11.2 Å². The monoisotopic (exact) mass is 427 g/mol. The number of nitrogens with zero attached hydrogens (tertiary/aromatic N) is 3. The number of fused-ring (bicyclic) bond motifs is 1. The molecule has 1 aliphatic heterocycles. The topological polar surface area (TPSA) is 71.8 Å². The van der Waals surface area contributed by atoms with E-state index in [2.05, 4.69) is 27.9 Å². The van der Waals surface area contributed by atoms with E-state index in [1.165, 1.54) is 11.8 Å². The molecule has 0 radical (unpaired) electrons. The van der Waals surface area contributed by atoms with E-state index in [0.29, 0.717) is 10.2 Å². The summed E-state index contributed by atoms with van der Waals surface area (Å²) < 4.78 is 1.91. The summed E-state index contributed by atoms with van der Waals surface area (Å²) in [6.07, 6.45) is 1.78. The van der Waals surface area contributed by atoms with Gasteiger partial charge in [-0.3, -0.25) is 4.79 Å². The van der Waals surface area contributed by atoms with Gasteiger partial charge < -0.3 is 10.7 Å². The zero-order valence-corrected chi connectivity index (χ0v) is 17.8. The molecule has 0 saturated heterocycles. The normalized spacial score (nSPS) is 18.0. The zero-order chi connectivity index (χ0) is 20.4. The number of aromatic nitrogens is 3. The van der Waals surface area contributed by atoms with Crippen molar-refractivity contribution >= 4 is 35.0 Å². The third-order valence-corrected chi connectivity index (χ3v) is 6.22. The number of carbonyl (C=O) groups excluding carboxylic acids is 1. The zero-order valence-electron chi connectivity index (χ0n) is 16.2. The van der Waals surface area contributed by atoms with Crippen molar-refractivity contribution in [3.05, 3.63) is 70.5 Å². The van der Waals surface area contributed by atoms with Crippen molar-refractivity contribution in [1.29, 1.82) is 0 Å². The first-order valence-electron chi connectivity index (χ1n) is 9.55. The van der Waals surface area contributed by atoms with Gasteiger partial charge in [0.15, 0.2) is 5.82 Å². The van der Waals surface area contributed by atoms with E-state index in [1.54, 1.807) is 0 Å². The average Bonchev–Trinajstić information content (AvgIpc) is 3.10. The molecule has 6 nitrogen and oxygen atoms in total. The molecule has 3 aromatic rings. The Bertz CT molecular complexity index is 1020. The second-order valence-electron chi connectivity index (χ2n) is 7.04. The molecule has 1 aromatic heterocycles. The van der Waals surface area contributed by atoms with E-state index < -0.39 is 5.25 Å². The molecule has 0 spiro atoms. The summed E-state index contributed by atoms with van der Waals surface area (Å²) in [5.41, 5.74) is 6.32. The first-order valence-corrected chi connectivity index (χ1v) is 10.8. The van der Waals surface area contributed by atoms with Gasteiger partial charge in [0.05, 0.1) is 6.04 Å². The van der Waals surface area contributed by atoms with Crippen LogP contribution >= 0.6 is 23.4 Å². The van der Waals surface area contributed by atoms with Crippen molar-refractivity contribution in [2.45, 2.75) is 43.1 Å². The number of nitrogens with one attached hydrogen (secondary N) is 2. The highest BCUT2D eigenvalue weighted by atomic mass is 35.5. The first kappa shape index (κ1) is 19.8. The molecule has 0 unspecified atom stereocenters. The Morgan fingerprint density at radius 2 is 2.03 bits per heavy atom. The lowest BCUT2D eigenvalue weighted by Crippen LogP contribution is -2.41. The fraction of sp³-hybridized carbons (Fsp3) is 0.286. The van der Waals surface area contributed by atoms with Crippen LogP contribution in [0, 0.1) is 6.92 Å². The number of amides is 1. The number of thioether (sulfide) groups is 1. The number of carbonyl (C=O) groups is 1. The summed E-state index contributed by atoms with van der Waals surface area (Å²) in [5.74, 6) is 0.783. The van der Waals surface area contributed by atoms with Crippen LogP contribution < -0.4 is 10.7 Å². The van der Waals surface area contributed by atoms with E-state index in [-0.39, 0.29) is 11.9 Å². The van der Waals surface area contributed by atoms with Crippen LogP contribution in [0.1, 0.15) is 36.3 Å². The third kappa shape index (κ3) is 4.26. The molecule has 0 aliphatic carbocycles. The highest BCUT2D eigenvalue weighted by Crippen LogP contribution is 2.38. The van der Waals surface area contributed by atoms with Gasteiger partial charge in [-0.25, -0.2) is 4.68 Å². The Balaban J connectivity index is 1.66. The summed E-state index contributed by atoms with van der Waals surface area (Å²) in [4.78, 5) is 13.2. The van der Waals surface area contributed by atoms with Gasteiger partial charge >= 0.3 is 0 Å². The first-order chi connectivity index (χ1) is 14.0. The number of benzene rings is 2. The predicted molar refractivity (Wildman–Crippen MR) is 117 cm³/mol. The van der Waals surface area contributed by atoms with Crippen LogP contribution in [-0.4, -0.2) is 26.0 Å². The molecule has 2 heterocycles. The number of halogens is 1. The van der Waals surface area contributed by atoms with E-state index in [4.69, 9.17) is 11.6 Å². The van der Waals surface area contributed by atoms with E-state index in [1.807, 2.05) is 60.1 Å². The minimum absolute atomic E-state index is 0.0839. The van der Waals surface area contributed by atoms with Gasteiger partial charge in [0.2, 0.25) is 11.1 Å². The SMILES string of the molecule is CCCc1nnc2n1N[C@H](c1ccc(Cl)cc1)[C@@H](C(=O)Nc1cccc(C)c1)S2. The predicted octanol–water partition coefficient (Wildman–Crippen LogP) is 4.59. The number of rotatable bonds is 5. The summed E-state index contributed by atoms with van der Waals surface area (Å²) in [6.45, 7) is 4.10. The average molecular weight is 428 g/mol. The van der Waals surface area contributed by atoms with Crippen LogP contribution in [0.3, 0.4) is 0 Å². The fourth-order valence-electron chi connectivity index (χ4n) is 3.34. The number of anilines is 1. The maximum absolute atomic E-state index is 13.2. The molecule has 1 aliphatic rings. The van der Waals surface area contributed by atoms with Gasteiger partial charge in [-0.2, -0.15) is 0 Å². The standard InChI is InChI=1S/C21H22ClN5OS/c1-3-5-17-24-25-21-27(17)26-18(14-8-10-15(22)11-9-14)19(29-21)20(28)23-16-7-4-6-13(2)12-16/h4,6-12,18-19,26H,3,5H2,1-2H3,(H,23,28)/t18-,19+/m1/s1. The van der Waals surface area contributed by atoms with Crippen LogP contribution in [0.2, 0.25) is 5.02 Å². The second kappa shape index (κ2) is 8.47. The molecular weight excluding hydrogens is 406 g/mol. The summed E-state index contributed by atoms with van der Waals surface area (Å²) >= 11 is 7.50. The lowest BCUT2D eigenvalue weighted by molar-refractivity contribution is -0.116. The van der Waals surface area contributed by atoms with Gasteiger partial charge in [-0.15, -0.1) is 10.2 Å². The minimum atomic E-state index is -0.414. The van der Waals surface area contributed by atoms with Gasteiger partial charge in [0.25, 0.3) is 0 Å². The molecule has 2 aromatic carbocycles. The van der Waals surface area contributed by atoms with E-state index >= 15 is 0 Å². The number of hydrogen-bond acceptors (Lipinski definition) is 5. The highest BCUT2D eigenvalue weighted by molar-refractivity contribution is 8.00. The minimum Gasteiger partial charge on any atom is -0.325 e. The van der Waals surface area contributed by atoms with Crippen molar-refractivity contribution in [2.75, 3.05) is 10.7 Å². The lowest BCUT2D eigenvalue weighted by atomic mass is 10.0. The molecule has 150 valence electrons. The molecule has 1 amide bonds. The van der Waals surface area contributed by atoms with Crippen molar-refractivity contribution in [3.8, 4) is 0 Å². The second-order valence-corrected chi connectivity index (χ2v) is 8.58. The highest BCUT2D eigenvalue weighted by Gasteiger charge is 2.37. The largest absolute Gasteiger partial charge is 0.325 e. The van der Waals surface area contributed by atoms with Gasteiger partial charge in [0, 0.05) is 17.1 Å². The Labute approximate surface area is 179 Å².